The number of carboxylic acid groups (broad SMARTS) is 1. The molecule has 0 aromatic heterocycles. The average Bonchev–Trinajstić information content (AvgIpc) is 2.29. The number of hydrogen-bond acceptors (Lipinski definition) is 2. The first-order valence-corrected chi connectivity index (χ1v) is 5.55. The van der Waals surface area contributed by atoms with Crippen LogP contribution in [0.4, 0.5) is 5.69 Å². The third-order valence-electron chi connectivity index (χ3n) is 2.77. The zero-order chi connectivity index (χ0) is 12.8. The molecular formula is C14H17NO2. The van der Waals surface area contributed by atoms with E-state index in [2.05, 4.69) is 11.8 Å². The molecule has 17 heavy (non-hydrogen) atoms. The van der Waals surface area contributed by atoms with Crippen LogP contribution in [-0.2, 0) is 4.79 Å². The monoisotopic (exact) mass is 231 g/mol. The van der Waals surface area contributed by atoms with E-state index in [9.17, 15) is 9.90 Å². The fraction of sp³-hybridized carbons (Fsp3) is 0.357. The van der Waals surface area contributed by atoms with E-state index in [0.29, 0.717) is 24.1 Å². The zero-order valence-electron chi connectivity index (χ0n) is 10.2. The second-order valence-corrected chi connectivity index (χ2v) is 3.93. The molecule has 1 rings (SSSR count). The van der Waals surface area contributed by atoms with Gasteiger partial charge in [-0.3, -0.25) is 4.79 Å². The van der Waals surface area contributed by atoms with Gasteiger partial charge >= 0.3 is 5.97 Å². The summed E-state index contributed by atoms with van der Waals surface area (Å²) in [5.41, 5.74) is 8.10. The lowest BCUT2D eigenvalue weighted by Crippen LogP contribution is -2.14. The summed E-state index contributed by atoms with van der Waals surface area (Å²) in [6, 6.07) is 5.49. The van der Waals surface area contributed by atoms with E-state index in [4.69, 9.17) is 5.73 Å². The van der Waals surface area contributed by atoms with Crippen LogP contribution in [0.1, 0.15) is 36.8 Å². The third kappa shape index (κ3) is 3.25. The molecule has 90 valence electrons. The highest BCUT2D eigenvalue weighted by Crippen LogP contribution is 2.28. The van der Waals surface area contributed by atoms with E-state index in [1.807, 2.05) is 19.1 Å². The fourth-order valence-corrected chi connectivity index (χ4v) is 1.76. The second-order valence-electron chi connectivity index (χ2n) is 3.93. The lowest BCUT2D eigenvalue weighted by atomic mass is 9.91. The first-order chi connectivity index (χ1) is 8.07. The van der Waals surface area contributed by atoms with Crippen molar-refractivity contribution in [1.29, 1.82) is 0 Å². The molecule has 1 unspecified atom stereocenters. The van der Waals surface area contributed by atoms with Crippen LogP contribution < -0.4 is 5.73 Å². The molecule has 0 bridgehead atoms. The summed E-state index contributed by atoms with van der Waals surface area (Å²) in [7, 11) is 0. The van der Waals surface area contributed by atoms with Gasteiger partial charge in [-0.2, -0.15) is 0 Å². The van der Waals surface area contributed by atoms with Gasteiger partial charge in [-0.05, 0) is 31.4 Å². The van der Waals surface area contributed by atoms with Crippen LogP contribution in [0.5, 0.6) is 0 Å². The van der Waals surface area contributed by atoms with Crippen molar-refractivity contribution in [1.82, 2.24) is 0 Å². The average molecular weight is 231 g/mol. The molecule has 3 heteroatoms. The molecule has 0 heterocycles. The minimum atomic E-state index is -0.847. The number of benzene rings is 1. The largest absolute Gasteiger partial charge is 0.481 e. The third-order valence-corrected chi connectivity index (χ3v) is 2.77. The van der Waals surface area contributed by atoms with E-state index in [-0.39, 0.29) is 0 Å². The Morgan fingerprint density at radius 2 is 2.24 bits per heavy atom. The van der Waals surface area contributed by atoms with E-state index < -0.39 is 11.9 Å². The molecule has 0 amide bonds. The molecule has 0 radical (unpaired) electrons. The van der Waals surface area contributed by atoms with Gasteiger partial charge in [0.05, 0.1) is 5.92 Å². The SMILES string of the molecule is CC#CCCC(C(=O)O)c1cccc(C)c1N. The van der Waals surface area contributed by atoms with Crippen LogP contribution in [0, 0.1) is 18.8 Å². The van der Waals surface area contributed by atoms with Crippen molar-refractivity contribution in [2.45, 2.75) is 32.6 Å². The molecule has 0 fully saturated rings. The van der Waals surface area contributed by atoms with Crippen molar-refractivity contribution in [3.63, 3.8) is 0 Å². The molecule has 0 spiro atoms. The van der Waals surface area contributed by atoms with Gasteiger partial charge in [-0.15, -0.1) is 11.8 Å². The van der Waals surface area contributed by atoms with Gasteiger partial charge in [-0.25, -0.2) is 0 Å². The summed E-state index contributed by atoms with van der Waals surface area (Å²) in [5.74, 6) is 4.23. The molecule has 0 aliphatic heterocycles. The summed E-state index contributed by atoms with van der Waals surface area (Å²) in [6.07, 6.45) is 1.06. The number of rotatable bonds is 4. The van der Waals surface area contributed by atoms with Crippen molar-refractivity contribution in [2.24, 2.45) is 0 Å². The number of carbonyl (C=O) groups is 1. The Labute approximate surface area is 102 Å². The maximum atomic E-state index is 11.3. The van der Waals surface area contributed by atoms with E-state index in [0.717, 1.165) is 5.56 Å². The van der Waals surface area contributed by atoms with Gasteiger partial charge in [0.15, 0.2) is 0 Å². The van der Waals surface area contributed by atoms with Gasteiger partial charge in [-0.1, -0.05) is 18.2 Å². The number of hydrogen-bond donors (Lipinski definition) is 2. The lowest BCUT2D eigenvalue weighted by Gasteiger charge is -2.15. The lowest BCUT2D eigenvalue weighted by molar-refractivity contribution is -0.138. The van der Waals surface area contributed by atoms with E-state index in [1.54, 1.807) is 13.0 Å². The normalized spacial score (nSPS) is 11.4. The van der Waals surface area contributed by atoms with Gasteiger partial charge in [0.1, 0.15) is 0 Å². The van der Waals surface area contributed by atoms with Crippen LogP contribution in [0.3, 0.4) is 0 Å². The first-order valence-electron chi connectivity index (χ1n) is 5.55. The van der Waals surface area contributed by atoms with E-state index in [1.165, 1.54) is 0 Å². The van der Waals surface area contributed by atoms with Gasteiger partial charge in [0, 0.05) is 12.1 Å². The standard InChI is InChI=1S/C14H17NO2/c1-3-4-5-8-12(14(16)17)11-9-6-7-10(2)13(11)15/h6-7,9,12H,5,8,15H2,1-2H3,(H,16,17). The molecular weight excluding hydrogens is 214 g/mol. The van der Waals surface area contributed by atoms with Crippen molar-refractivity contribution in [3.8, 4) is 11.8 Å². The Bertz CT molecular complexity index is 469. The van der Waals surface area contributed by atoms with Crippen LogP contribution >= 0.6 is 0 Å². The Morgan fingerprint density at radius 1 is 1.53 bits per heavy atom. The zero-order valence-corrected chi connectivity index (χ0v) is 10.2. The number of nitrogen functional groups attached to an aromatic ring is 1. The number of aryl methyl sites for hydroxylation is 1. The van der Waals surface area contributed by atoms with Crippen molar-refractivity contribution in [2.75, 3.05) is 5.73 Å². The summed E-state index contributed by atoms with van der Waals surface area (Å²) >= 11 is 0. The maximum Gasteiger partial charge on any atom is 0.311 e. The molecule has 0 aliphatic carbocycles. The van der Waals surface area contributed by atoms with Gasteiger partial charge in [0.2, 0.25) is 0 Å². The highest BCUT2D eigenvalue weighted by molar-refractivity contribution is 5.79. The highest BCUT2D eigenvalue weighted by atomic mass is 16.4. The number of carboxylic acids is 1. The molecule has 0 saturated carbocycles. The summed E-state index contributed by atoms with van der Waals surface area (Å²) in [6.45, 7) is 3.63. The molecule has 3 nitrogen and oxygen atoms in total. The van der Waals surface area contributed by atoms with Crippen LogP contribution in [0.15, 0.2) is 18.2 Å². The molecule has 1 aromatic rings. The summed E-state index contributed by atoms with van der Waals surface area (Å²) in [4.78, 5) is 11.3. The predicted octanol–water partition coefficient (Wildman–Crippen LogP) is 2.55. The molecule has 1 aromatic carbocycles. The highest BCUT2D eigenvalue weighted by Gasteiger charge is 2.21. The Kier molecular flexibility index (Phi) is 4.59. The Hall–Kier alpha value is -1.95. The molecule has 0 aliphatic rings. The number of anilines is 1. The molecule has 0 saturated heterocycles. The number of para-hydroxylation sites is 1. The van der Waals surface area contributed by atoms with Gasteiger partial charge in [0.25, 0.3) is 0 Å². The van der Waals surface area contributed by atoms with Crippen molar-refractivity contribution >= 4 is 11.7 Å². The smallest absolute Gasteiger partial charge is 0.311 e. The van der Waals surface area contributed by atoms with Crippen LogP contribution in [0.25, 0.3) is 0 Å². The summed E-state index contributed by atoms with van der Waals surface area (Å²) < 4.78 is 0. The Balaban J connectivity index is 3.00. The second kappa shape index (κ2) is 5.95. The number of nitrogens with two attached hydrogens (primary N) is 1. The van der Waals surface area contributed by atoms with Crippen molar-refractivity contribution < 1.29 is 9.90 Å². The predicted molar refractivity (Wildman–Crippen MR) is 68.7 cm³/mol. The minimum absolute atomic E-state index is 0.490. The number of aliphatic carboxylic acids is 1. The minimum Gasteiger partial charge on any atom is -0.481 e. The Morgan fingerprint density at radius 3 is 2.82 bits per heavy atom. The topological polar surface area (TPSA) is 63.3 Å². The summed E-state index contributed by atoms with van der Waals surface area (Å²) in [5, 5.41) is 9.24. The quantitative estimate of drug-likeness (QED) is 0.618. The maximum absolute atomic E-state index is 11.3. The van der Waals surface area contributed by atoms with Crippen molar-refractivity contribution in [3.05, 3.63) is 29.3 Å². The van der Waals surface area contributed by atoms with Gasteiger partial charge < -0.3 is 10.8 Å². The molecule has 1 atom stereocenters. The van der Waals surface area contributed by atoms with E-state index >= 15 is 0 Å². The fourth-order valence-electron chi connectivity index (χ4n) is 1.76. The molecule has 3 N–H and O–H groups in total. The first kappa shape index (κ1) is 13.1. The van der Waals surface area contributed by atoms with Crippen LogP contribution in [0.2, 0.25) is 0 Å². The van der Waals surface area contributed by atoms with Crippen LogP contribution in [-0.4, -0.2) is 11.1 Å².